The Morgan fingerprint density at radius 2 is 1.56 bits per heavy atom. The number of carbonyl (C=O) groups excluding carboxylic acids is 4. The van der Waals surface area contributed by atoms with Crippen molar-refractivity contribution in [1.29, 1.82) is 0 Å². The highest BCUT2D eigenvalue weighted by Crippen LogP contribution is 2.60. The van der Waals surface area contributed by atoms with Gasteiger partial charge in [-0.05, 0) is 86.8 Å². The monoisotopic (exact) mass is 455 g/mol. The fraction of sp³-hybridized carbons (Fsp3) is 0.600. The Morgan fingerprint density at radius 1 is 1.03 bits per heavy atom. The van der Waals surface area contributed by atoms with Gasteiger partial charge in [0.25, 0.3) is 11.8 Å². The largest absolute Gasteiger partial charge is 0.456 e. The molecule has 0 aromatic heterocycles. The Balaban J connectivity index is 1.29. The summed E-state index contributed by atoms with van der Waals surface area (Å²) in [5.41, 5.74) is 0.285. The fourth-order valence-corrected chi connectivity index (χ4v) is 7.37. The van der Waals surface area contributed by atoms with Crippen molar-refractivity contribution in [3.05, 3.63) is 35.4 Å². The zero-order valence-corrected chi connectivity index (χ0v) is 19.2. The minimum Gasteiger partial charge on any atom is -0.456 e. The van der Waals surface area contributed by atoms with Crippen LogP contribution in [0.2, 0.25) is 0 Å². The number of nitrogens with zero attached hydrogens (tertiary/aromatic N) is 1. The van der Waals surface area contributed by atoms with Crippen molar-refractivity contribution >= 4 is 35.3 Å². The smallest absolute Gasteiger partial charge is 0.329 e. The summed E-state index contributed by atoms with van der Waals surface area (Å²) in [4.78, 5) is 53.2. The number of fused-ring (bicyclic) bond motifs is 1. The van der Waals surface area contributed by atoms with Gasteiger partial charge in [0.05, 0.1) is 11.1 Å². The van der Waals surface area contributed by atoms with Gasteiger partial charge >= 0.3 is 5.97 Å². The van der Waals surface area contributed by atoms with E-state index in [1.165, 1.54) is 31.0 Å². The van der Waals surface area contributed by atoms with Crippen molar-refractivity contribution in [2.24, 2.45) is 23.2 Å². The molecule has 1 aliphatic heterocycles. The Hall–Kier alpha value is -2.15. The molecule has 1 unspecified atom stereocenters. The molecule has 170 valence electrons. The third-order valence-corrected chi connectivity index (χ3v) is 8.62. The lowest BCUT2D eigenvalue weighted by molar-refractivity contribution is -0.160. The van der Waals surface area contributed by atoms with Gasteiger partial charge in [-0.3, -0.25) is 19.3 Å². The number of hydrogen-bond acceptors (Lipinski definition) is 6. The van der Waals surface area contributed by atoms with Crippen LogP contribution in [0, 0.1) is 23.2 Å². The van der Waals surface area contributed by atoms with Crippen molar-refractivity contribution in [2.75, 3.05) is 18.6 Å². The SMILES string of the molecule is CSCCC(C(=O)OCC(=O)C12CC3CC(CC(C3)C1)C2)N1C(=O)c2ccccc2C1=O. The van der Waals surface area contributed by atoms with Crippen molar-refractivity contribution in [2.45, 2.75) is 51.0 Å². The van der Waals surface area contributed by atoms with E-state index < -0.39 is 23.8 Å². The number of rotatable bonds is 8. The summed E-state index contributed by atoms with van der Waals surface area (Å²) in [5.74, 6) is 0.913. The number of Topliss-reactive ketones (excluding diaryl/α,β-unsaturated/α-hetero) is 1. The molecule has 0 spiro atoms. The van der Waals surface area contributed by atoms with Gasteiger partial charge in [0.1, 0.15) is 6.04 Å². The van der Waals surface area contributed by atoms with Crippen LogP contribution in [0.15, 0.2) is 24.3 Å². The molecular weight excluding hydrogens is 426 g/mol. The van der Waals surface area contributed by atoms with E-state index in [2.05, 4.69) is 0 Å². The predicted octanol–water partition coefficient (Wildman–Crippen LogP) is 3.73. The van der Waals surface area contributed by atoms with Gasteiger partial charge in [-0.2, -0.15) is 11.8 Å². The van der Waals surface area contributed by atoms with Crippen LogP contribution in [0.3, 0.4) is 0 Å². The first kappa shape index (κ1) is 21.7. The summed E-state index contributed by atoms with van der Waals surface area (Å²) in [6.07, 6.45) is 8.68. The number of benzene rings is 1. The molecule has 7 heteroatoms. The molecule has 4 fully saturated rings. The minimum absolute atomic E-state index is 0.0240. The molecule has 5 aliphatic rings. The van der Waals surface area contributed by atoms with Gasteiger partial charge in [0, 0.05) is 5.41 Å². The summed E-state index contributed by atoms with van der Waals surface area (Å²) in [6.45, 7) is -0.260. The van der Waals surface area contributed by atoms with E-state index in [0.717, 1.165) is 24.2 Å². The van der Waals surface area contributed by atoms with Crippen molar-refractivity contribution in [1.82, 2.24) is 4.90 Å². The van der Waals surface area contributed by atoms with E-state index in [9.17, 15) is 19.2 Å². The Kier molecular flexibility index (Phi) is 5.64. The number of esters is 1. The molecule has 0 saturated heterocycles. The van der Waals surface area contributed by atoms with Crippen molar-refractivity contribution in [3.8, 4) is 0 Å². The molecule has 1 aromatic rings. The summed E-state index contributed by atoms with van der Waals surface area (Å²) in [7, 11) is 0. The average molecular weight is 456 g/mol. The average Bonchev–Trinajstić information content (AvgIpc) is 3.02. The molecule has 4 bridgehead atoms. The Labute approximate surface area is 192 Å². The zero-order chi connectivity index (χ0) is 22.5. The van der Waals surface area contributed by atoms with E-state index in [4.69, 9.17) is 4.74 Å². The number of amides is 2. The molecule has 1 heterocycles. The molecular formula is C25H29NO5S. The van der Waals surface area contributed by atoms with Crippen LogP contribution in [-0.4, -0.2) is 53.1 Å². The molecule has 4 saturated carbocycles. The summed E-state index contributed by atoms with van der Waals surface area (Å²) in [5, 5.41) is 0. The van der Waals surface area contributed by atoms with Crippen LogP contribution in [0.25, 0.3) is 0 Å². The highest BCUT2D eigenvalue weighted by molar-refractivity contribution is 7.98. The number of ketones is 1. The third-order valence-electron chi connectivity index (χ3n) is 7.98. The molecule has 6 rings (SSSR count). The third kappa shape index (κ3) is 3.58. The second-order valence-electron chi connectivity index (χ2n) is 10.1. The first-order valence-corrected chi connectivity index (χ1v) is 13.0. The van der Waals surface area contributed by atoms with Crippen molar-refractivity contribution < 1.29 is 23.9 Å². The van der Waals surface area contributed by atoms with Crippen LogP contribution in [0.4, 0.5) is 0 Å². The summed E-state index contributed by atoms with van der Waals surface area (Å²) < 4.78 is 5.52. The number of thioether (sulfide) groups is 1. The summed E-state index contributed by atoms with van der Waals surface area (Å²) in [6, 6.07) is 5.59. The van der Waals surface area contributed by atoms with E-state index in [0.29, 0.717) is 41.1 Å². The van der Waals surface area contributed by atoms with Gasteiger partial charge in [0.15, 0.2) is 12.4 Å². The quantitative estimate of drug-likeness (QED) is 0.439. The molecule has 6 nitrogen and oxygen atoms in total. The molecule has 1 aromatic carbocycles. The maximum absolute atomic E-state index is 13.2. The molecule has 32 heavy (non-hydrogen) atoms. The lowest BCUT2D eigenvalue weighted by atomic mass is 9.48. The topological polar surface area (TPSA) is 80.8 Å². The van der Waals surface area contributed by atoms with Gasteiger partial charge in [-0.25, -0.2) is 4.79 Å². The second-order valence-corrected chi connectivity index (χ2v) is 11.0. The van der Waals surface area contributed by atoms with Crippen LogP contribution in [0.5, 0.6) is 0 Å². The summed E-state index contributed by atoms with van der Waals surface area (Å²) >= 11 is 1.53. The van der Waals surface area contributed by atoms with Gasteiger partial charge in [-0.1, -0.05) is 12.1 Å². The van der Waals surface area contributed by atoms with Crippen LogP contribution >= 0.6 is 11.8 Å². The molecule has 0 N–H and O–H groups in total. The van der Waals surface area contributed by atoms with Gasteiger partial charge < -0.3 is 4.74 Å². The maximum Gasteiger partial charge on any atom is 0.329 e. The first-order chi connectivity index (χ1) is 15.4. The standard InChI is InChI=1S/C25H29NO5S/c1-32-7-6-20(26-22(28)18-4-2-3-5-19(18)23(26)29)24(30)31-14-21(27)25-11-15-8-16(12-25)10-17(9-15)13-25/h2-5,15-17,20H,6-14H2,1H3. The Morgan fingerprint density at radius 3 is 2.06 bits per heavy atom. The normalized spacial score (nSPS) is 31.0. The van der Waals surface area contributed by atoms with E-state index in [1.807, 2.05) is 6.26 Å². The maximum atomic E-state index is 13.2. The van der Waals surface area contributed by atoms with E-state index >= 15 is 0 Å². The Bertz CT molecular complexity index is 903. The molecule has 1 atom stereocenters. The highest BCUT2D eigenvalue weighted by Gasteiger charge is 2.54. The molecule has 0 radical (unpaired) electrons. The molecule has 2 amide bonds. The number of ether oxygens (including phenoxy) is 1. The number of hydrogen-bond donors (Lipinski definition) is 0. The van der Waals surface area contributed by atoms with E-state index in [1.54, 1.807) is 24.3 Å². The lowest BCUT2D eigenvalue weighted by Gasteiger charge is -2.55. The first-order valence-electron chi connectivity index (χ1n) is 11.6. The van der Waals surface area contributed by atoms with Gasteiger partial charge in [-0.15, -0.1) is 0 Å². The number of carbonyl (C=O) groups is 4. The predicted molar refractivity (Wildman–Crippen MR) is 120 cm³/mol. The second kappa shape index (κ2) is 8.32. The van der Waals surface area contributed by atoms with Crippen LogP contribution in [0.1, 0.15) is 65.7 Å². The fourth-order valence-electron chi connectivity index (χ4n) is 6.91. The van der Waals surface area contributed by atoms with Gasteiger partial charge in [0.2, 0.25) is 0 Å². The van der Waals surface area contributed by atoms with E-state index in [-0.39, 0.29) is 17.8 Å². The zero-order valence-electron chi connectivity index (χ0n) is 18.4. The number of imide groups is 1. The molecule has 4 aliphatic carbocycles. The minimum atomic E-state index is -1.01. The van der Waals surface area contributed by atoms with Crippen LogP contribution in [-0.2, 0) is 14.3 Å². The highest BCUT2D eigenvalue weighted by atomic mass is 32.2. The van der Waals surface area contributed by atoms with Crippen LogP contribution < -0.4 is 0 Å². The lowest BCUT2D eigenvalue weighted by Crippen LogP contribution is -2.51. The van der Waals surface area contributed by atoms with Crippen molar-refractivity contribution in [3.63, 3.8) is 0 Å².